The minimum atomic E-state index is 0.169. The Balaban J connectivity index is 1.98. The maximum absolute atomic E-state index is 10.3. The van der Waals surface area contributed by atoms with Gasteiger partial charge in [-0.15, -0.1) is 22.0 Å². The maximum atomic E-state index is 10.3. The lowest BCUT2D eigenvalue weighted by Crippen LogP contribution is -1.76. The van der Waals surface area contributed by atoms with E-state index in [0.717, 1.165) is 27.1 Å². The Morgan fingerprint density at radius 1 is 0.864 bits per heavy atom. The molecule has 0 radical (unpaired) electrons. The number of nitrogens with zero attached hydrogens (tertiary/aromatic N) is 2. The lowest BCUT2D eigenvalue weighted by atomic mass is 10.1. The van der Waals surface area contributed by atoms with Crippen LogP contribution >= 0.6 is 11.8 Å². The summed E-state index contributed by atoms with van der Waals surface area (Å²) in [6.45, 7) is 2.10. The Labute approximate surface area is 133 Å². The lowest BCUT2D eigenvalue weighted by molar-refractivity contribution is 0.482. The normalized spacial score (nSPS) is 11.3. The van der Waals surface area contributed by atoms with Gasteiger partial charge in [-0.1, -0.05) is 49.4 Å². The van der Waals surface area contributed by atoms with Crippen LogP contribution < -0.4 is 0 Å². The number of phenolic OH excluding ortho intramolecular Hbond substituents is 1. The SMILES string of the molecule is CCSc1ccccc1N=Nc1ccc2ccccc2c1O. The van der Waals surface area contributed by atoms with Crippen molar-refractivity contribution in [2.45, 2.75) is 11.8 Å². The van der Waals surface area contributed by atoms with Gasteiger partial charge in [0.2, 0.25) is 0 Å². The molecule has 3 nitrogen and oxygen atoms in total. The Morgan fingerprint density at radius 3 is 2.45 bits per heavy atom. The van der Waals surface area contributed by atoms with Gasteiger partial charge in [0.1, 0.15) is 5.69 Å². The van der Waals surface area contributed by atoms with E-state index in [1.165, 1.54) is 0 Å². The van der Waals surface area contributed by atoms with Crippen LogP contribution in [0, 0.1) is 0 Å². The van der Waals surface area contributed by atoms with Gasteiger partial charge < -0.3 is 5.11 Å². The van der Waals surface area contributed by atoms with Crippen molar-refractivity contribution >= 4 is 33.9 Å². The van der Waals surface area contributed by atoms with E-state index in [0.29, 0.717) is 5.69 Å². The summed E-state index contributed by atoms with van der Waals surface area (Å²) >= 11 is 1.73. The summed E-state index contributed by atoms with van der Waals surface area (Å²) in [5.41, 5.74) is 1.30. The molecule has 0 spiro atoms. The molecule has 110 valence electrons. The van der Waals surface area contributed by atoms with Crippen molar-refractivity contribution in [1.82, 2.24) is 0 Å². The van der Waals surface area contributed by atoms with Gasteiger partial charge >= 0.3 is 0 Å². The highest BCUT2D eigenvalue weighted by Crippen LogP contribution is 2.36. The largest absolute Gasteiger partial charge is 0.505 e. The van der Waals surface area contributed by atoms with Crippen molar-refractivity contribution in [2.75, 3.05) is 5.75 Å². The number of thioether (sulfide) groups is 1. The Hall–Kier alpha value is -2.33. The summed E-state index contributed by atoms with van der Waals surface area (Å²) in [6.07, 6.45) is 0. The quantitative estimate of drug-likeness (QED) is 0.469. The Morgan fingerprint density at radius 2 is 1.59 bits per heavy atom. The number of hydrogen-bond acceptors (Lipinski definition) is 4. The zero-order chi connectivity index (χ0) is 15.4. The van der Waals surface area contributed by atoms with Crippen molar-refractivity contribution in [3.63, 3.8) is 0 Å². The predicted molar refractivity (Wildman–Crippen MR) is 92.6 cm³/mol. The molecule has 0 atom stereocenters. The van der Waals surface area contributed by atoms with Crippen molar-refractivity contribution in [2.24, 2.45) is 10.2 Å². The van der Waals surface area contributed by atoms with Crippen LogP contribution in [0.3, 0.4) is 0 Å². The van der Waals surface area contributed by atoms with Gasteiger partial charge in [0, 0.05) is 10.3 Å². The second kappa shape index (κ2) is 6.62. The highest BCUT2D eigenvalue weighted by atomic mass is 32.2. The predicted octanol–water partition coefficient (Wildman–Crippen LogP) is 6.07. The van der Waals surface area contributed by atoms with Crippen LogP contribution in [-0.4, -0.2) is 10.9 Å². The number of aromatic hydroxyl groups is 1. The van der Waals surface area contributed by atoms with Crippen LogP contribution in [0.15, 0.2) is 75.8 Å². The third kappa shape index (κ3) is 2.97. The molecule has 0 aliphatic carbocycles. The van der Waals surface area contributed by atoms with Crippen molar-refractivity contribution in [1.29, 1.82) is 0 Å². The highest BCUT2D eigenvalue weighted by Gasteiger charge is 2.06. The first-order chi connectivity index (χ1) is 10.8. The van der Waals surface area contributed by atoms with Gasteiger partial charge in [-0.05, 0) is 29.3 Å². The number of azo groups is 1. The molecule has 0 amide bonds. The van der Waals surface area contributed by atoms with Crippen LogP contribution in [0.1, 0.15) is 6.92 Å². The number of benzene rings is 3. The zero-order valence-electron chi connectivity index (χ0n) is 12.2. The molecule has 0 unspecified atom stereocenters. The van der Waals surface area contributed by atoms with E-state index in [9.17, 15) is 5.11 Å². The Kier molecular flexibility index (Phi) is 4.39. The molecule has 0 saturated carbocycles. The molecule has 0 bridgehead atoms. The molecule has 3 aromatic rings. The van der Waals surface area contributed by atoms with E-state index in [2.05, 4.69) is 17.2 Å². The molecule has 0 aliphatic heterocycles. The standard InChI is InChI=1S/C18H16N2OS/c1-2-22-17-10-6-5-9-15(17)19-20-16-12-11-13-7-3-4-8-14(13)18(16)21/h3-12,21H,2H2,1H3. The fraction of sp³-hybridized carbons (Fsp3) is 0.111. The second-order valence-electron chi connectivity index (χ2n) is 4.76. The van der Waals surface area contributed by atoms with E-state index < -0.39 is 0 Å². The number of rotatable bonds is 4. The summed E-state index contributed by atoms with van der Waals surface area (Å²) in [5.74, 6) is 1.15. The van der Waals surface area contributed by atoms with Gasteiger partial charge in [-0.2, -0.15) is 0 Å². The van der Waals surface area contributed by atoms with Gasteiger partial charge in [-0.3, -0.25) is 0 Å². The molecule has 0 saturated heterocycles. The number of hydrogen-bond donors (Lipinski definition) is 1. The van der Waals surface area contributed by atoms with Crippen molar-refractivity contribution in [3.8, 4) is 5.75 Å². The summed E-state index contributed by atoms with van der Waals surface area (Å²) in [7, 11) is 0. The number of fused-ring (bicyclic) bond motifs is 1. The van der Waals surface area contributed by atoms with E-state index in [-0.39, 0.29) is 5.75 Å². The molecule has 0 fully saturated rings. The first-order valence-electron chi connectivity index (χ1n) is 7.14. The topological polar surface area (TPSA) is 45.0 Å². The van der Waals surface area contributed by atoms with Crippen molar-refractivity contribution < 1.29 is 5.11 Å². The van der Waals surface area contributed by atoms with Crippen LogP contribution in [0.5, 0.6) is 5.75 Å². The van der Waals surface area contributed by atoms with Gasteiger partial charge in [0.15, 0.2) is 5.75 Å². The molecule has 0 aromatic heterocycles. The fourth-order valence-corrected chi connectivity index (χ4v) is 2.99. The summed E-state index contributed by atoms with van der Waals surface area (Å²) < 4.78 is 0. The summed E-state index contributed by atoms with van der Waals surface area (Å²) in [4.78, 5) is 1.09. The molecule has 0 heterocycles. The fourth-order valence-electron chi connectivity index (χ4n) is 2.25. The zero-order valence-corrected chi connectivity index (χ0v) is 13.0. The molecule has 4 heteroatoms. The third-order valence-electron chi connectivity index (χ3n) is 3.31. The summed E-state index contributed by atoms with van der Waals surface area (Å²) in [6, 6.07) is 19.3. The van der Waals surface area contributed by atoms with Gasteiger partial charge in [0.25, 0.3) is 0 Å². The van der Waals surface area contributed by atoms with E-state index in [1.807, 2.05) is 54.6 Å². The molecular formula is C18H16N2OS. The minimum absolute atomic E-state index is 0.169. The van der Waals surface area contributed by atoms with E-state index in [4.69, 9.17) is 0 Å². The maximum Gasteiger partial charge on any atom is 0.150 e. The number of phenols is 1. The average Bonchev–Trinajstić information content (AvgIpc) is 2.56. The molecule has 3 rings (SSSR count). The van der Waals surface area contributed by atoms with Crippen LogP contribution in [0.4, 0.5) is 11.4 Å². The van der Waals surface area contributed by atoms with Crippen LogP contribution in [0.25, 0.3) is 10.8 Å². The second-order valence-corrected chi connectivity index (χ2v) is 6.06. The van der Waals surface area contributed by atoms with Crippen LogP contribution in [-0.2, 0) is 0 Å². The lowest BCUT2D eigenvalue weighted by Gasteiger charge is -2.04. The van der Waals surface area contributed by atoms with Gasteiger partial charge in [0.05, 0.1) is 5.69 Å². The minimum Gasteiger partial charge on any atom is -0.505 e. The average molecular weight is 308 g/mol. The first-order valence-corrected chi connectivity index (χ1v) is 8.12. The van der Waals surface area contributed by atoms with Crippen LogP contribution in [0.2, 0.25) is 0 Å². The Bertz CT molecular complexity index is 830. The smallest absolute Gasteiger partial charge is 0.150 e. The van der Waals surface area contributed by atoms with Crippen molar-refractivity contribution in [3.05, 3.63) is 60.7 Å². The molecular weight excluding hydrogens is 292 g/mol. The van der Waals surface area contributed by atoms with E-state index in [1.54, 1.807) is 17.8 Å². The molecule has 3 aromatic carbocycles. The molecule has 1 N–H and O–H groups in total. The summed E-state index contributed by atoms with van der Waals surface area (Å²) in [5, 5.41) is 20.7. The first kappa shape index (κ1) is 14.6. The highest BCUT2D eigenvalue weighted by molar-refractivity contribution is 7.99. The third-order valence-corrected chi connectivity index (χ3v) is 4.25. The molecule has 22 heavy (non-hydrogen) atoms. The monoisotopic (exact) mass is 308 g/mol. The molecule has 0 aliphatic rings. The van der Waals surface area contributed by atoms with E-state index >= 15 is 0 Å². The van der Waals surface area contributed by atoms with Gasteiger partial charge in [-0.25, -0.2) is 0 Å².